The maximum absolute atomic E-state index is 13.7. The van der Waals surface area contributed by atoms with Crippen molar-refractivity contribution in [3.8, 4) is 5.75 Å². The van der Waals surface area contributed by atoms with Gasteiger partial charge in [0, 0.05) is 19.2 Å². The molecule has 1 aliphatic heterocycles. The summed E-state index contributed by atoms with van der Waals surface area (Å²) in [5, 5.41) is 11.0. The minimum Gasteiger partial charge on any atom is -0.494 e. The van der Waals surface area contributed by atoms with Gasteiger partial charge in [0.1, 0.15) is 12.4 Å². The van der Waals surface area contributed by atoms with Crippen LogP contribution >= 0.6 is 11.3 Å². The number of nitro groups is 1. The molecule has 0 amide bonds. The van der Waals surface area contributed by atoms with E-state index in [4.69, 9.17) is 14.2 Å². The molecule has 0 bridgehead atoms. The fourth-order valence-electron chi connectivity index (χ4n) is 4.00. The monoisotopic (exact) mass is 537 g/mol. The van der Waals surface area contributed by atoms with Crippen molar-refractivity contribution in [2.24, 2.45) is 4.99 Å². The molecule has 0 radical (unpaired) electrons. The van der Waals surface area contributed by atoms with Crippen molar-refractivity contribution >= 4 is 29.1 Å². The molecule has 0 N–H and O–H groups in total. The molecule has 0 saturated carbocycles. The Balaban J connectivity index is 1.82. The first-order valence-electron chi connectivity index (χ1n) is 12.0. The average Bonchev–Trinajstić information content (AvgIpc) is 3.21. The van der Waals surface area contributed by atoms with E-state index in [0.717, 1.165) is 6.42 Å². The number of hydrogen-bond donors (Lipinski definition) is 0. The number of fused-ring (bicyclic) bond motifs is 1. The highest BCUT2D eigenvalue weighted by atomic mass is 32.1. The molecule has 11 heteroatoms. The Morgan fingerprint density at radius 2 is 1.84 bits per heavy atom. The molecule has 2 aromatic carbocycles. The number of carbonyl (C=O) groups is 1. The first-order valence-corrected chi connectivity index (χ1v) is 12.8. The molecular weight excluding hydrogens is 510 g/mol. The molecule has 1 unspecified atom stereocenters. The summed E-state index contributed by atoms with van der Waals surface area (Å²) in [6.07, 6.45) is 2.52. The van der Waals surface area contributed by atoms with Crippen LogP contribution in [0, 0.1) is 10.1 Å². The van der Waals surface area contributed by atoms with Gasteiger partial charge in [-0.05, 0) is 54.8 Å². The molecule has 2 heterocycles. The van der Waals surface area contributed by atoms with Crippen LogP contribution in [0.1, 0.15) is 37.4 Å². The molecular formula is C27H27N3O7S. The number of ether oxygens (including phenoxy) is 3. The zero-order valence-corrected chi connectivity index (χ0v) is 22.0. The van der Waals surface area contributed by atoms with Gasteiger partial charge in [0.25, 0.3) is 11.2 Å². The molecule has 0 aliphatic carbocycles. The van der Waals surface area contributed by atoms with Crippen LogP contribution in [-0.2, 0) is 14.3 Å². The summed E-state index contributed by atoms with van der Waals surface area (Å²) in [4.78, 5) is 42.4. The number of allylic oxidation sites excluding steroid dienone is 1. The molecule has 1 atom stereocenters. The fraction of sp³-hybridized carbons (Fsp3) is 0.296. The average molecular weight is 538 g/mol. The van der Waals surface area contributed by atoms with Crippen molar-refractivity contribution in [2.75, 3.05) is 26.9 Å². The Hall–Kier alpha value is -4.09. The third-order valence-corrected chi connectivity index (χ3v) is 6.82. The van der Waals surface area contributed by atoms with Gasteiger partial charge in [-0.3, -0.25) is 19.5 Å². The van der Waals surface area contributed by atoms with E-state index in [-0.39, 0.29) is 30.0 Å². The topological polar surface area (TPSA) is 122 Å². The molecule has 10 nitrogen and oxygen atoms in total. The van der Waals surface area contributed by atoms with E-state index < -0.39 is 16.9 Å². The predicted molar refractivity (Wildman–Crippen MR) is 142 cm³/mol. The minimum absolute atomic E-state index is 0.0396. The van der Waals surface area contributed by atoms with Crippen LogP contribution in [0.3, 0.4) is 0 Å². The first-order chi connectivity index (χ1) is 18.3. The summed E-state index contributed by atoms with van der Waals surface area (Å²) < 4.78 is 18.0. The number of carbonyl (C=O) groups excluding carboxylic acids is 1. The number of nitrogens with zero attached hydrogens (tertiary/aromatic N) is 3. The van der Waals surface area contributed by atoms with Crippen molar-refractivity contribution in [1.29, 1.82) is 0 Å². The molecule has 1 aromatic heterocycles. The highest BCUT2D eigenvalue weighted by molar-refractivity contribution is 7.07. The van der Waals surface area contributed by atoms with E-state index in [9.17, 15) is 19.7 Å². The summed E-state index contributed by atoms with van der Waals surface area (Å²) in [5.74, 6) is 0.107. The van der Waals surface area contributed by atoms with Gasteiger partial charge in [0.15, 0.2) is 4.80 Å². The third kappa shape index (κ3) is 5.74. The van der Waals surface area contributed by atoms with E-state index in [1.807, 2.05) is 19.1 Å². The SMILES string of the molecule is CCCOc1ccc(C2C(C(=O)OCCOC)=C(C)N=c3s/c(=C\c4ccc([N+](=O)[O-])cc4)c(=O)n32)cc1. The first kappa shape index (κ1) is 27.0. The van der Waals surface area contributed by atoms with Gasteiger partial charge in [-0.1, -0.05) is 30.4 Å². The highest BCUT2D eigenvalue weighted by Crippen LogP contribution is 2.31. The van der Waals surface area contributed by atoms with Gasteiger partial charge in [0.05, 0.1) is 40.0 Å². The molecule has 0 spiro atoms. The number of rotatable bonds is 10. The minimum atomic E-state index is -0.763. The summed E-state index contributed by atoms with van der Waals surface area (Å²) in [7, 11) is 1.51. The second kappa shape index (κ2) is 12.0. The number of nitro benzene ring substituents is 1. The number of non-ortho nitro benzene ring substituents is 1. The number of benzene rings is 2. The standard InChI is InChI=1S/C27H27N3O7S/c1-4-13-36-21-11-7-19(8-12-21)24-23(26(32)37-15-14-35-3)17(2)28-27-29(24)25(31)22(38-27)16-18-5-9-20(10-6-18)30(33)34/h5-12,16,24H,4,13-15H2,1-3H3/b22-16-. The zero-order chi connectivity index (χ0) is 27.2. The predicted octanol–water partition coefficient (Wildman–Crippen LogP) is 3.12. The Morgan fingerprint density at radius 3 is 2.47 bits per heavy atom. The molecule has 1 aliphatic rings. The number of aromatic nitrogens is 1. The second-order valence-corrected chi connectivity index (χ2v) is 9.49. The van der Waals surface area contributed by atoms with Gasteiger partial charge in [-0.2, -0.15) is 0 Å². The lowest BCUT2D eigenvalue weighted by molar-refractivity contribution is -0.384. The van der Waals surface area contributed by atoms with Crippen molar-refractivity contribution in [1.82, 2.24) is 4.57 Å². The molecule has 0 saturated heterocycles. The Bertz CT molecular complexity index is 1540. The third-order valence-electron chi connectivity index (χ3n) is 5.83. The summed E-state index contributed by atoms with van der Waals surface area (Å²) in [6, 6.07) is 12.4. The van der Waals surface area contributed by atoms with Crippen molar-refractivity contribution < 1.29 is 23.9 Å². The second-order valence-electron chi connectivity index (χ2n) is 8.48. The maximum Gasteiger partial charge on any atom is 0.338 e. The maximum atomic E-state index is 13.7. The Labute approximate surface area is 222 Å². The van der Waals surface area contributed by atoms with E-state index in [1.165, 1.54) is 35.1 Å². The van der Waals surface area contributed by atoms with Crippen LogP contribution in [-0.4, -0.2) is 42.4 Å². The molecule has 3 aromatic rings. The summed E-state index contributed by atoms with van der Waals surface area (Å²) in [6.45, 7) is 4.61. The smallest absolute Gasteiger partial charge is 0.338 e. The lowest BCUT2D eigenvalue weighted by atomic mass is 9.96. The van der Waals surface area contributed by atoms with Crippen LogP contribution < -0.4 is 19.6 Å². The van der Waals surface area contributed by atoms with Crippen molar-refractivity contribution in [3.63, 3.8) is 0 Å². The quantitative estimate of drug-likeness (QED) is 0.169. The van der Waals surface area contributed by atoms with E-state index in [0.29, 0.717) is 38.5 Å². The van der Waals surface area contributed by atoms with Crippen molar-refractivity contribution in [2.45, 2.75) is 26.3 Å². The summed E-state index contributed by atoms with van der Waals surface area (Å²) in [5.41, 5.74) is 1.67. The van der Waals surface area contributed by atoms with Crippen LogP contribution in [0.5, 0.6) is 5.75 Å². The number of methoxy groups -OCH3 is 1. The lowest BCUT2D eigenvalue weighted by Gasteiger charge is -2.25. The van der Waals surface area contributed by atoms with Crippen LogP contribution in [0.4, 0.5) is 5.69 Å². The molecule has 38 heavy (non-hydrogen) atoms. The van der Waals surface area contributed by atoms with E-state index in [2.05, 4.69) is 4.99 Å². The number of thiazole rings is 1. The molecule has 198 valence electrons. The largest absolute Gasteiger partial charge is 0.494 e. The van der Waals surface area contributed by atoms with Crippen LogP contribution in [0.2, 0.25) is 0 Å². The van der Waals surface area contributed by atoms with E-state index >= 15 is 0 Å². The normalized spacial score (nSPS) is 15.1. The summed E-state index contributed by atoms with van der Waals surface area (Å²) >= 11 is 1.18. The zero-order valence-electron chi connectivity index (χ0n) is 21.2. The van der Waals surface area contributed by atoms with Crippen molar-refractivity contribution in [3.05, 3.63) is 101 Å². The molecule has 4 rings (SSSR count). The molecule has 0 fully saturated rings. The number of esters is 1. The van der Waals surface area contributed by atoms with E-state index in [1.54, 1.807) is 37.3 Å². The Morgan fingerprint density at radius 1 is 1.13 bits per heavy atom. The Kier molecular flexibility index (Phi) is 8.49. The fourth-order valence-corrected chi connectivity index (χ4v) is 5.05. The highest BCUT2D eigenvalue weighted by Gasteiger charge is 2.33. The van der Waals surface area contributed by atoms with Gasteiger partial charge in [-0.25, -0.2) is 9.79 Å². The lowest BCUT2D eigenvalue weighted by Crippen LogP contribution is -2.40. The van der Waals surface area contributed by atoms with Gasteiger partial charge in [0.2, 0.25) is 0 Å². The van der Waals surface area contributed by atoms with Gasteiger partial charge in [-0.15, -0.1) is 0 Å². The van der Waals surface area contributed by atoms with Crippen LogP contribution in [0.25, 0.3) is 6.08 Å². The van der Waals surface area contributed by atoms with Gasteiger partial charge >= 0.3 is 5.97 Å². The van der Waals surface area contributed by atoms with Crippen LogP contribution in [0.15, 0.2) is 69.6 Å². The van der Waals surface area contributed by atoms with Gasteiger partial charge < -0.3 is 14.2 Å². The number of hydrogen-bond acceptors (Lipinski definition) is 9.